The Hall–Kier alpha value is -0.320. The van der Waals surface area contributed by atoms with Gasteiger partial charge in [0, 0.05) is 32.1 Å². The summed E-state index contributed by atoms with van der Waals surface area (Å²) >= 11 is 5.78. The topological polar surface area (TPSA) is 45.9 Å². The molecule has 0 saturated heterocycles. The number of ether oxygens (including phenoxy) is 1. The second-order valence-corrected chi connectivity index (χ2v) is 7.95. The SMILES string of the molecule is CCN(CC)P(=O)(C(OCCCl)c1ccco1)N(CC)CC. The average Bonchev–Trinajstić information content (AvgIpc) is 3.04. The quantitative estimate of drug-likeness (QED) is 0.437. The van der Waals surface area contributed by atoms with E-state index < -0.39 is 13.3 Å². The van der Waals surface area contributed by atoms with Gasteiger partial charge in [0.15, 0.2) is 5.85 Å². The van der Waals surface area contributed by atoms with Crippen LogP contribution in [-0.2, 0) is 9.30 Å². The Morgan fingerprint density at radius 1 is 1.18 bits per heavy atom. The van der Waals surface area contributed by atoms with Crippen molar-refractivity contribution >= 4 is 19.0 Å². The van der Waals surface area contributed by atoms with Gasteiger partial charge in [0.2, 0.25) is 0 Å². The van der Waals surface area contributed by atoms with Crippen molar-refractivity contribution in [3.05, 3.63) is 24.2 Å². The van der Waals surface area contributed by atoms with Crippen molar-refractivity contribution in [2.45, 2.75) is 33.5 Å². The minimum absolute atomic E-state index is 0.333. The van der Waals surface area contributed by atoms with E-state index in [1.807, 2.05) is 43.1 Å². The van der Waals surface area contributed by atoms with E-state index in [9.17, 15) is 4.57 Å². The summed E-state index contributed by atoms with van der Waals surface area (Å²) < 4.78 is 29.5. The molecule has 0 aliphatic heterocycles. The molecule has 7 heteroatoms. The zero-order valence-electron chi connectivity index (χ0n) is 14.0. The van der Waals surface area contributed by atoms with E-state index in [0.29, 0.717) is 44.4 Å². The number of alkyl halides is 1. The molecule has 0 N–H and O–H groups in total. The van der Waals surface area contributed by atoms with Crippen LogP contribution in [0.5, 0.6) is 0 Å². The highest BCUT2D eigenvalue weighted by Crippen LogP contribution is 2.64. The molecule has 1 heterocycles. The van der Waals surface area contributed by atoms with Crippen molar-refractivity contribution in [1.29, 1.82) is 0 Å². The van der Waals surface area contributed by atoms with Crippen LogP contribution in [0.1, 0.15) is 39.3 Å². The standard InChI is InChI=1S/C15H28ClN2O3P/c1-5-17(6-2)22(19,18(7-3)8-4)15(21-13-11-16)14-10-9-12-20-14/h9-10,12,15H,5-8,11,13H2,1-4H3. The first-order chi connectivity index (χ1) is 10.6. The van der Waals surface area contributed by atoms with Gasteiger partial charge in [0.1, 0.15) is 5.76 Å². The molecule has 128 valence electrons. The Balaban J connectivity index is 3.32. The van der Waals surface area contributed by atoms with Gasteiger partial charge in [0.25, 0.3) is 7.44 Å². The summed E-state index contributed by atoms with van der Waals surface area (Å²) in [6, 6.07) is 3.61. The van der Waals surface area contributed by atoms with Crippen molar-refractivity contribution in [2.75, 3.05) is 38.7 Å². The lowest BCUT2D eigenvalue weighted by atomic mass is 10.5. The third-order valence-corrected chi connectivity index (χ3v) is 7.64. The smallest absolute Gasteiger partial charge is 0.252 e. The maximum Gasteiger partial charge on any atom is 0.252 e. The van der Waals surface area contributed by atoms with E-state index in [-0.39, 0.29) is 0 Å². The number of hydrogen-bond acceptors (Lipinski definition) is 3. The van der Waals surface area contributed by atoms with E-state index in [1.165, 1.54) is 0 Å². The lowest BCUT2D eigenvalue weighted by molar-refractivity contribution is 0.0885. The van der Waals surface area contributed by atoms with Crippen LogP contribution in [0.15, 0.2) is 22.8 Å². The number of hydrogen-bond donors (Lipinski definition) is 0. The minimum Gasteiger partial charge on any atom is -0.466 e. The molecule has 1 aromatic heterocycles. The van der Waals surface area contributed by atoms with Gasteiger partial charge in [-0.25, -0.2) is 9.34 Å². The van der Waals surface area contributed by atoms with Crippen LogP contribution in [0, 0.1) is 0 Å². The zero-order valence-corrected chi connectivity index (χ0v) is 15.6. The third kappa shape index (κ3) is 4.15. The molecule has 0 amide bonds. The predicted octanol–water partition coefficient (Wildman–Crippen LogP) is 4.41. The van der Waals surface area contributed by atoms with Gasteiger partial charge < -0.3 is 9.15 Å². The van der Waals surface area contributed by atoms with Gasteiger partial charge in [-0.05, 0) is 12.1 Å². The molecule has 0 aromatic carbocycles. The van der Waals surface area contributed by atoms with Crippen LogP contribution in [0.4, 0.5) is 0 Å². The summed E-state index contributed by atoms with van der Waals surface area (Å²) in [6.45, 7) is 11.1. The van der Waals surface area contributed by atoms with Gasteiger partial charge in [-0.1, -0.05) is 27.7 Å². The van der Waals surface area contributed by atoms with Gasteiger partial charge in [-0.2, -0.15) is 0 Å². The fraction of sp³-hybridized carbons (Fsp3) is 0.733. The highest BCUT2D eigenvalue weighted by Gasteiger charge is 2.45. The van der Waals surface area contributed by atoms with Crippen LogP contribution < -0.4 is 0 Å². The second kappa shape index (κ2) is 9.74. The van der Waals surface area contributed by atoms with Gasteiger partial charge in [-0.3, -0.25) is 4.57 Å². The summed E-state index contributed by atoms with van der Waals surface area (Å²) in [5.41, 5.74) is 0. The molecule has 1 atom stereocenters. The molecule has 0 spiro atoms. The van der Waals surface area contributed by atoms with Crippen molar-refractivity contribution in [1.82, 2.24) is 9.34 Å². The normalized spacial score (nSPS) is 14.0. The van der Waals surface area contributed by atoms with E-state index in [2.05, 4.69) is 0 Å². The van der Waals surface area contributed by atoms with Crippen molar-refractivity contribution in [2.24, 2.45) is 0 Å². The van der Waals surface area contributed by atoms with Gasteiger partial charge >= 0.3 is 0 Å². The molecule has 1 unspecified atom stereocenters. The average molecular weight is 351 g/mol. The first-order valence-corrected chi connectivity index (χ1v) is 10.1. The molecule has 22 heavy (non-hydrogen) atoms. The molecule has 1 aromatic rings. The third-order valence-electron chi connectivity index (χ3n) is 3.72. The molecule has 0 aliphatic rings. The highest BCUT2D eigenvalue weighted by atomic mass is 35.5. The largest absolute Gasteiger partial charge is 0.466 e. The molecule has 0 bridgehead atoms. The van der Waals surface area contributed by atoms with Crippen LogP contribution in [0.25, 0.3) is 0 Å². The van der Waals surface area contributed by atoms with Crippen molar-refractivity contribution in [3.8, 4) is 0 Å². The van der Waals surface area contributed by atoms with Gasteiger partial charge in [-0.15, -0.1) is 11.6 Å². The number of halogens is 1. The minimum atomic E-state index is -2.98. The Kier molecular flexibility index (Phi) is 8.73. The number of furan rings is 1. The second-order valence-electron chi connectivity index (χ2n) is 4.79. The molecule has 0 fully saturated rings. The monoisotopic (exact) mass is 350 g/mol. The first kappa shape index (κ1) is 19.7. The maximum absolute atomic E-state index is 14.1. The summed E-state index contributed by atoms with van der Waals surface area (Å²) in [7, 11) is -2.98. The maximum atomic E-state index is 14.1. The number of nitrogens with zero attached hydrogens (tertiary/aromatic N) is 2. The summed E-state index contributed by atoms with van der Waals surface area (Å²) in [6.07, 6.45) is 1.58. The fourth-order valence-corrected chi connectivity index (χ4v) is 6.11. The van der Waals surface area contributed by atoms with E-state index >= 15 is 0 Å². The summed E-state index contributed by atoms with van der Waals surface area (Å²) in [4.78, 5) is 0. The molecule has 0 aliphatic carbocycles. The van der Waals surface area contributed by atoms with E-state index in [1.54, 1.807) is 12.3 Å². The van der Waals surface area contributed by atoms with E-state index in [0.717, 1.165) is 0 Å². The van der Waals surface area contributed by atoms with Crippen LogP contribution in [0.3, 0.4) is 0 Å². The van der Waals surface area contributed by atoms with Crippen LogP contribution in [-0.4, -0.2) is 48.0 Å². The Morgan fingerprint density at radius 2 is 1.73 bits per heavy atom. The lowest BCUT2D eigenvalue weighted by Gasteiger charge is -2.41. The Labute approximate surface area is 139 Å². The molecule has 1 rings (SSSR count). The zero-order chi connectivity index (χ0) is 16.6. The summed E-state index contributed by atoms with van der Waals surface area (Å²) in [5.74, 6) is 0.321. The Morgan fingerprint density at radius 3 is 2.09 bits per heavy atom. The van der Waals surface area contributed by atoms with E-state index in [4.69, 9.17) is 20.8 Å². The van der Waals surface area contributed by atoms with Crippen LogP contribution in [0.2, 0.25) is 0 Å². The highest BCUT2D eigenvalue weighted by molar-refractivity contribution is 7.59. The molecule has 5 nitrogen and oxygen atoms in total. The van der Waals surface area contributed by atoms with Crippen molar-refractivity contribution in [3.63, 3.8) is 0 Å². The van der Waals surface area contributed by atoms with Crippen molar-refractivity contribution < 1.29 is 13.7 Å². The number of rotatable bonds is 11. The fourth-order valence-electron chi connectivity index (χ4n) is 2.67. The summed E-state index contributed by atoms with van der Waals surface area (Å²) in [5, 5.41) is 0. The lowest BCUT2D eigenvalue weighted by Crippen LogP contribution is -2.35. The van der Waals surface area contributed by atoms with Crippen LogP contribution >= 0.6 is 19.0 Å². The first-order valence-electron chi connectivity index (χ1n) is 7.91. The van der Waals surface area contributed by atoms with Gasteiger partial charge in [0.05, 0.1) is 12.9 Å². The Bertz CT molecular complexity index is 432. The predicted molar refractivity (Wildman–Crippen MR) is 91.6 cm³/mol. The molecule has 0 radical (unpaired) electrons. The molecule has 0 saturated carbocycles. The molecular formula is C15H28ClN2O3P. The molecular weight excluding hydrogens is 323 g/mol.